The van der Waals surface area contributed by atoms with Crippen LogP contribution in [0.1, 0.15) is 92.9 Å². The molecule has 23 heavy (non-hydrogen) atoms. The number of Topliss-reactive ketones (excluding diaryl/α,β-unsaturated/α-hetero) is 1. The van der Waals surface area contributed by atoms with Gasteiger partial charge in [0.05, 0.1) is 12.7 Å². The van der Waals surface area contributed by atoms with E-state index in [4.69, 9.17) is 9.47 Å². The van der Waals surface area contributed by atoms with E-state index in [0.717, 1.165) is 32.3 Å². The summed E-state index contributed by atoms with van der Waals surface area (Å²) < 4.78 is 11.5. The molecule has 0 aromatic heterocycles. The van der Waals surface area contributed by atoms with Crippen molar-refractivity contribution < 1.29 is 14.3 Å². The van der Waals surface area contributed by atoms with Crippen LogP contribution in [0.2, 0.25) is 0 Å². The van der Waals surface area contributed by atoms with Gasteiger partial charge in [-0.1, -0.05) is 39.5 Å². The molecule has 0 aliphatic carbocycles. The van der Waals surface area contributed by atoms with Gasteiger partial charge in [-0.05, 0) is 52.9 Å². The second kappa shape index (κ2) is 12.9. The van der Waals surface area contributed by atoms with Crippen molar-refractivity contribution in [2.45, 2.75) is 105 Å². The van der Waals surface area contributed by atoms with Gasteiger partial charge >= 0.3 is 0 Å². The third-order valence-electron chi connectivity index (χ3n) is 4.39. The minimum Gasteiger partial charge on any atom is -0.379 e. The summed E-state index contributed by atoms with van der Waals surface area (Å²) in [5, 5.41) is 0. The zero-order chi connectivity index (χ0) is 17.7. The lowest BCUT2D eigenvalue weighted by atomic mass is 9.96. The van der Waals surface area contributed by atoms with Crippen LogP contribution in [0.15, 0.2) is 0 Å². The fourth-order valence-electron chi connectivity index (χ4n) is 2.49. The molecule has 1 unspecified atom stereocenters. The second-order valence-electron chi connectivity index (χ2n) is 7.39. The third kappa shape index (κ3) is 11.7. The van der Waals surface area contributed by atoms with Gasteiger partial charge < -0.3 is 9.47 Å². The van der Waals surface area contributed by atoms with Gasteiger partial charge in [0.1, 0.15) is 5.60 Å². The van der Waals surface area contributed by atoms with E-state index < -0.39 is 5.60 Å². The summed E-state index contributed by atoms with van der Waals surface area (Å²) in [7, 11) is 0. The summed E-state index contributed by atoms with van der Waals surface area (Å²) in [6.45, 7) is 13.9. The summed E-state index contributed by atoms with van der Waals surface area (Å²) in [5.41, 5.74) is -0.645. The molecule has 0 aromatic rings. The van der Waals surface area contributed by atoms with E-state index in [0.29, 0.717) is 25.0 Å². The summed E-state index contributed by atoms with van der Waals surface area (Å²) >= 11 is 0. The Hall–Kier alpha value is -0.410. The van der Waals surface area contributed by atoms with Crippen LogP contribution in [0, 0.1) is 5.92 Å². The summed E-state index contributed by atoms with van der Waals surface area (Å²) in [6.07, 6.45) is 8.70. The highest BCUT2D eigenvalue weighted by molar-refractivity contribution is 5.86. The highest BCUT2D eigenvalue weighted by Crippen LogP contribution is 2.20. The van der Waals surface area contributed by atoms with Crippen molar-refractivity contribution >= 4 is 5.78 Å². The Balaban J connectivity index is 3.94. The first-order chi connectivity index (χ1) is 10.8. The van der Waals surface area contributed by atoms with E-state index in [-0.39, 0.29) is 5.78 Å². The molecule has 0 radical (unpaired) electrons. The Labute approximate surface area is 144 Å². The van der Waals surface area contributed by atoms with Gasteiger partial charge in [0.2, 0.25) is 0 Å². The smallest absolute Gasteiger partial charge is 0.164 e. The first-order valence-corrected chi connectivity index (χ1v) is 9.62. The average Bonchev–Trinajstić information content (AvgIpc) is 2.50. The summed E-state index contributed by atoms with van der Waals surface area (Å²) in [4.78, 5) is 12.4. The van der Waals surface area contributed by atoms with Gasteiger partial charge in [-0.25, -0.2) is 0 Å². The van der Waals surface area contributed by atoms with Crippen molar-refractivity contribution in [3.05, 3.63) is 0 Å². The number of ether oxygens (including phenoxy) is 2. The van der Waals surface area contributed by atoms with Crippen LogP contribution < -0.4 is 0 Å². The van der Waals surface area contributed by atoms with Crippen LogP contribution in [-0.2, 0) is 14.3 Å². The van der Waals surface area contributed by atoms with Crippen LogP contribution in [-0.4, -0.2) is 30.7 Å². The quantitative estimate of drug-likeness (QED) is 0.370. The third-order valence-corrected chi connectivity index (χ3v) is 4.39. The maximum atomic E-state index is 12.4. The number of hydrogen-bond donors (Lipinski definition) is 0. The molecule has 138 valence electrons. The molecule has 0 aliphatic rings. The number of ketones is 1. The van der Waals surface area contributed by atoms with E-state index in [1.165, 1.54) is 19.3 Å². The van der Waals surface area contributed by atoms with E-state index in [1.54, 1.807) is 0 Å². The number of carbonyl (C=O) groups excluding carboxylic acids is 1. The molecule has 1 atom stereocenters. The maximum Gasteiger partial charge on any atom is 0.164 e. The molecule has 0 aromatic carbocycles. The number of hydrogen-bond acceptors (Lipinski definition) is 3. The molecule has 0 bridgehead atoms. The Morgan fingerprint density at radius 2 is 1.74 bits per heavy atom. The zero-order valence-electron chi connectivity index (χ0n) is 16.5. The SMILES string of the molecule is CCCCC(CC)COC(C)(C)C(=O)CCCCCOC(C)C. The highest BCUT2D eigenvalue weighted by Gasteiger charge is 2.28. The largest absolute Gasteiger partial charge is 0.379 e. The normalized spacial score (nSPS) is 13.5. The van der Waals surface area contributed by atoms with E-state index in [9.17, 15) is 4.79 Å². The van der Waals surface area contributed by atoms with E-state index >= 15 is 0 Å². The number of rotatable bonds is 15. The molecule has 0 heterocycles. The average molecular weight is 329 g/mol. The molecule has 3 heteroatoms. The molecule has 0 N–H and O–H groups in total. The van der Waals surface area contributed by atoms with Crippen molar-refractivity contribution in [2.24, 2.45) is 5.92 Å². The van der Waals surface area contributed by atoms with Crippen molar-refractivity contribution in [2.75, 3.05) is 13.2 Å². The first-order valence-electron chi connectivity index (χ1n) is 9.62. The predicted molar refractivity (Wildman–Crippen MR) is 97.9 cm³/mol. The summed E-state index contributed by atoms with van der Waals surface area (Å²) in [5.74, 6) is 0.808. The van der Waals surface area contributed by atoms with Crippen molar-refractivity contribution in [3.8, 4) is 0 Å². The van der Waals surface area contributed by atoms with E-state index in [1.807, 2.05) is 27.7 Å². The fourth-order valence-corrected chi connectivity index (χ4v) is 2.49. The minimum absolute atomic E-state index is 0.229. The number of carbonyl (C=O) groups is 1. The van der Waals surface area contributed by atoms with Crippen LogP contribution in [0.25, 0.3) is 0 Å². The standard InChI is InChI=1S/C20H40O3/c1-7-9-13-18(8-2)16-23-20(5,6)19(21)14-11-10-12-15-22-17(3)4/h17-18H,7-16H2,1-6H3. The lowest BCUT2D eigenvalue weighted by Gasteiger charge is -2.26. The molecule has 0 saturated carbocycles. The first kappa shape index (κ1) is 22.6. The van der Waals surface area contributed by atoms with Crippen molar-refractivity contribution in [1.82, 2.24) is 0 Å². The lowest BCUT2D eigenvalue weighted by Crippen LogP contribution is -2.36. The molecule has 3 nitrogen and oxygen atoms in total. The zero-order valence-corrected chi connectivity index (χ0v) is 16.5. The Kier molecular flexibility index (Phi) is 12.7. The van der Waals surface area contributed by atoms with Crippen LogP contribution in [0.5, 0.6) is 0 Å². The van der Waals surface area contributed by atoms with Crippen LogP contribution in [0.4, 0.5) is 0 Å². The van der Waals surface area contributed by atoms with E-state index in [2.05, 4.69) is 13.8 Å². The summed E-state index contributed by atoms with van der Waals surface area (Å²) in [6, 6.07) is 0. The van der Waals surface area contributed by atoms with Gasteiger partial charge in [0.15, 0.2) is 5.78 Å². The van der Waals surface area contributed by atoms with Gasteiger partial charge in [-0.2, -0.15) is 0 Å². The van der Waals surface area contributed by atoms with Gasteiger partial charge in [-0.3, -0.25) is 4.79 Å². The molecule has 0 fully saturated rings. The Bertz CT molecular complexity index is 297. The molecule has 0 aliphatic heterocycles. The lowest BCUT2D eigenvalue weighted by molar-refractivity contribution is -0.142. The maximum absolute atomic E-state index is 12.4. The van der Waals surface area contributed by atoms with Gasteiger partial charge in [0, 0.05) is 13.0 Å². The monoisotopic (exact) mass is 328 g/mol. The Morgan fingerprint density at radius 1 is 1.04 bits per heavy atom. The molecular formula is C20H40O3. The topological polar surface area (TPSA) is 35.5 Å². The van der Waals surface area contributed by atoms with Crippen LogP contribution >= 0.6 is 0 Å². The van der Waals surface area contributed by atoms with Crippen LogP contribution in [0.3, 0.4) is 0 Å². The van der Waals surface area contributed by atoms with Crippen molar-refractivity contribution in [1.29, 1.82) is 0 Å². The second-order valence-corrected chi connectivity index (χ2v) is 7.39. The number of unbranched alkanes of at least 4 members (excludes halogenated alkanes) is 3. The van der Waals surface area contributed by atoms with Gasteiger partial charge in [-0.15, -0.1) is 0 Å². The fraction of sp³-hybridized carbons (Fsp3) is 0.950. The molecular weight excluding hydrogens is 288 g/mol. The minimum atomic E-state index is -0.645. The molecule has 0 saturated heterocycles. The predicted octanol–water partition coefficient (Wildman–Crippen LogP) is 5.55. The van der Waals surface area contributed by atoms with Crippen molar-refractivity contribution in [3.63, 3.8) is 0 Å². The molecule has 0 rings (SSSR count). The molecule has 0 spiro atoms. The highest BCUT2D eigenvalue weighted by atomic mass is 16.5. The van der Waals surface area contributed by atoms with Gasteiger partial charge in [0.25, 0.3) is 0 Å². The Morgan fingerprint density at radius 3 is 2.30 bits per heavy atom. The molecule has 0 amide bonds.